The molecule has 0 unspecified atom stereocenters. The van der Waals surface area contributed by atoms with E-state index in [-0.39, 0.29) is 6.61 Å². The fourth-order valence-corrected chi connectivity index (χ4v) is 1.32. The Morgan fingerprint density at radius 1 is 1.68 bits per heavy atom. The Labute approximate surface area is 105 Å². The van der Waals surface area contributed by atoms with Crippen molar-refractivity contribution in [1.82, 2.24) is 4.98 Å². The van der Waals surface area contributed by atoms with Crippen LogP contribution in [0.5, 0.6) is 0 Å². The van der Waals surface area contributed by atoms with Crippen molar-refractivity contribution in [3.05, 3.63) is 33.0 Å². The van der Waals surface area contributed by atoms with Crippen molar-refractivity contribution in [2.45, 2.75) is 13.3 Å². The summed E-state index contributed by atoms with van der Waals surface area (Å²) < 4.78 is 30.2. The summed E-state index contributed by atoms with van der Waals surface area (Å²) in [6.07, 6.45) is -3.17. The normalized spacial score (nSPS) is 10.1. The molecule has 0 atom stereocenters. The van der Waals surface area contributed by atoms with Crippen LogP contribution in [0.1, 0.15) is 35.0 Å². The van der Waals surface area contributed by atoms with E-state index in [4.69, 9.17) is 5.26 Å². The van der Waals surface area contributed by atoms with Crippen molar-refractivity contribution in [3.63, 3.8) is 0 Å². The van der Waals surface area contributed by atoms with E-state index in [1.807, 2.05) is 0 Å². The van der Waals surface area contributed by atoms with Crippen molar-refractivity contribution in [3.8, 4) is 6.07 Å². The summed E-state index contributed by atoms with van der Waals surface area (Å²) in [4.78, 5) is 24.3. The van der Waals surface area contributed by atoms with Gasteiger partial charge in [0.15, 0.2) is 0 Å². The zero-order chi connectivity index (χ0) is 14.6. The summed E-state index contributed by atoms with van der Waals surface area (Å²) in [7, 11) is 0. The Hall–Kier alpha value is -2.63. The average Bonchev–Trinajstić information content (AvgIpc) is 2.36. The molecule has 7 nitrogen and oxygen atoms in total. The van der Waals surface area contributed by atoms with E-state index in [1.54, 1.807) is 0 Å². The van der Waals surface area contributed by atoms with Crippen molar-refractivity contribution in [1.29, 1.82) is 5.26 Å². The SMILES string of the molecule is CCOC(=O)c1c(C(F)F)cc([N+](=O)[O-])nc1C#N. The average molecular weight is 271 g/mol. The first kappa shape index (κ1) is 14.4. The van der Waals surface area contributed by atoms with Gasteiger partial charge in [-0.05, 0) is 16.8 Å². The zero-order valence-electron chi connectivity index (χ0n) is 9.59. The quantitative estimate of drug-likeness (QED) is 0.470. The second-order valence-electron chi connectivity index (χ2n) is 3.18. The Balaban J connectivity index is 3.55. The van der Waals surface area contributed by atoms with E-state index in [2.05, 4.69) is 9.72 Å². The molecule has 19 heavy (non-hydrogen) atoms. The highest BCUT2D eigenvalue weighted by molar-refractivity contribution is 5.93. The van der Waals surface area contributed by atoms with E-state index in [9.17, 15) is 23.7 Å². The molecule has 0 aliphatic heterocycles. The predicted octanol–water partition coefficient (Wildman–Crippen LogP) is 1.98. The molecule has 0 saturated carbocycles. The first-order valence-corrected chi connectivity index (χ1v) is 4.97. The lowest BCUT2D eigenvalue weighted by atomic mass is 10.1. The summed E-state index contributed by atoms with van der Waals surface area (Å²) in [5.74, 6) is -2.10. The number of pyridine rings is 1. The van der Waals surface area contributed by atoms with Gasteiger partial charge in [0.2, 0.25) is 0 Å². The molecule has 0 fully saturated rings. The van der Waals surface area contributed by atoms with Crippen LogP contribution in [0.4, 0.5) is 14.6 Å². The molecular formula is C10H7F2N3O4. The third kappa shape index (κ3) is 2.98. The summed E-state index contributed by atoms with van der Waals surface area (Å²) in [5.41, 5.74) is -2.45. The minimum Gasteiger partial charge on any atom is -0.462 e. The minimum atomic E-state index is -3.17. The van der Waals surface area contributed by atoms with Gasteiger partial charge in [0.1, 0.15) is 11.6 Å². The summed E-state index contributed by atoms with van der Waals surface area (Å²) in [6.45, 7) is 1.36. The summed E-state index contributed by atoms with van der Waals surface area (Å²) in [6, 6.07) is 1.83. The molecule has 0 saturated heterocycles. The van der Waals surface area contributed by atoms with E-state index in [0.717, 1.165) is 0 Å². The highest BCUT2D eigenvalue weighted by Crippen LogP contribution is 2.28. The van der Waals surface area contributed by atoms with Crippen LogP contribution < -0.4 is 0 Å². The summed E-state index contributed by atoms with van der Waals surface area (Å²) >= 11 is 0. The van der Waals surface area contributed by atoms with Crippen LogP contribution in [0.15, 0.2) is 6.07 Å². The van der Waals surface area contributed by atoms with Gasteiger partial charge in [-0.25, -0.2) is 13.6 Å². The van der Waals surface area contributed by atoms with Crippen LogP contribution in [-0.4, -0.2) is 22.5 Å². The van der Waals surface area contributed by atoms with Gasteiger partial charge in [0, 0.05) is 11.6 Å². The number of nitro groups is 1. The maximum Gasteiger partial charge on any atom is 0.365 e. The van der Waals surface area contributed by atoms with Crippen molar-refractivity contribution < 1.29 is 23.2 Å². The zero-order valence-corrected chi connectivity index (χ0v) is 9.59. The Morgan fingerprint density at radius 3 is 2.74 bits per heavy atom. The molecule has 0 radical (unpaired) electrons. The van der Waals surface area contributed by atoms with E-state index in [0.29, 0.717) is 6.07 Å². The molecule has 9 heteroatoms. The topological polar surface area (TPSA) is 106 Å². The minimum absolute atomic E-state index is 0.0939. The molecule has 100 valence electrons. The van der Waals surface area contributed by atoms with Gasteiger partial charge in [-0.2, -0.15) is 5.26 Å². The molecule has 1 aromatic heterocycles. The van der Waals surface area contributed by atoms with Gasteiger partial charge in [-0.1, -0.05) is 0 Å². The molecule has 0 N–H and O–H groups in total. The van der Waals surface area contributed by atoms with E-state index in [1.165, 1.54) is 13.0 Å². The second kappa shape index (κ2) is 5.81. The van der Waals surface area contributed by atoms with Crippen LogP contribution in [0.3, 0.4) is 0 Å². The second-order valence-corrected chi connectivity index (χ2v) is 3.18. The highest BCUT2D eigenvalue weighted by atomic mass is 19.3. The number of esters is 1. The van der Waals surface area contributed by atoms with Gasteiger partial charge in [-0.3, -0.25) is 0 Å². The number of halogens is 2. The van der Waals surface area contributed by atoms with E-state index < -0.39 is 40.0 Å². The van der Waals surface area contributed by atoms with Gasteiger partial charge >= 0.3 is 11.8 Å². The monoisotopic (exact) mass is 271 g/mol. The highest BCUT2D eigenvalue weighted by Gasteiger charge is 2.30. The van der Waals surface area contributed by atoms with E-state index >= 15 is 0 Å². The number of aromatic nitrogens is 1. The number of nitrogens with zero attached hydrogens (tertiary/aromatic N) is 3. The molecule has 1 heterocycles. The Bertz CT molecular complexity index is 569. The molecule has 0 aliphatic rings. The molecule has 1 aromatic rings. The molecule has 1 rings (SSSR count). The van der Waals surface area contributed by atoms with Crippen molar-refractivity contribution >= 4 is 11.8 Å². The van der Waals surface area contributed by atoms with Crippen molar-refractivity contribution in [2.75, 3.05) is 6.61 Å². The maximum absolute atomic E-state index is 12.8. The van der Waals surface area contributed by atoms with Crippen molar-refractivity contribution in [2.24, 2.45) is 0 Å². The van der Waals surface area contributed by atoms with Crippen LogP contribution >= 0.6 is 0 Å². The Kier molecular flexibility index (Phi) is 4.41. The van der Waals surface area contributed by atoms with Gasteiger partial charge < -0.3 is 14.9 Å². The lowest BCUT2D eigenvalue weighted by Gasteiger charge is -2.07. The van der Waals surface area contributed by atoms with Gasteiger partial charge in [-0.15, -0.1) is 0 Å². The molecule has 0 amide bonds. The molecular weight excluding hydrogens is 264 g/mol. The van der Waals surface area contributed by atoms with Crippen LogP contribution in [0, 0.1) is 21.4 Å². The number of carbonyl (C=O) groups is 1. The largest absolute Gasteiger partial charge is 0.462 e. The first-order valence-electron chi connectivity index (χ1n) is 4.97. The summed E-state index contributed by atoms with van der Waals surface area (Å²) in [5, 5.41) is 19.3. The lowest BCUT2D eigenvalue weighted by molar-refractivity contribution is -0.389. The molecule has 0 aromatic carbocycles. The molecule has 0 bridgehead atoms. The molecule has 0 spiro atoms. The smallest absolute Gasteiger partial charge is 0.365 e. The number of hydrogen-bond donors (Lipinski definition) is 0. The lowest BCUT2D eigenvalue weighted by Crippen LogP contribution is -2.13. The fourth-order valence-electron chi connectivity index (χ4n) is 1.32. The van der Waals surface area contributed by atoms with Crippen LogP contribution in [0.2, 0.25) is 0 Å². The number of ether oxygens (including phenoxy) is 1. The third-order valence-corrected chi connectivity index (χ3v) is 2.04. The number of rotatable bonds is 4. The predicted molar refractivity (Wildman–Crippen MR) is 56.5 cm³/mol. The number of alkyl halides is 2. The van der Waals surface area contributed by atoms with Crippen LogP contribution in [0.25, 0.3) is 0 Å². The number of hydrogen-bond acceptors (Lipinski definition) is 6. The Morgan fingerprint density at radius 2 is 2.32 bits per heavy atom. The van der Waals surface area contributed by atoms with Crippen LogP contribution in [-0.2, 0) is 4.74 Å². The number of nitriles is 1. The fraction of sp³-hybridized carbons (Fsp3) is 0.300. The standard InChI is InChI=1S/C10H7F2N3O4/c1-2-19-10(16)8-5(9(11)12)3-7(15(17)18)14-6(8)4-13/h3,9H,2H2,1H3. The molecule has 0 aliphatic carbocycles. The third-order valence-electron chi connectivity index (χ3n) is 2.04. The maximum atomic E-state index is 12.8. The number of carbonyl (C=O) groups excluding carboxylic acids is 1. The first-order chi connectivity index (χ1) is 8.92. The van der Waals surface area contributed by atoms with Gasteiger partial charge in [0.25, 0.3) is 12.1 Å². The van der Waals surface area contributed by atoms with Gasteiger partial charge in [0.05, 0.1) is 6.61 Å².